The third-order valence-electron chi connectivity index (χ3n) is 4.02. The zero-order chi connectivity index (χ0) is 11.7. The summed E-state index contributed by atoms with van der Waals surface area (Å²) >= 11 is 0. The number of carbonyl (C=O) groups excluding carboxylic acids is 1. The van der Waals surface area contributed by atoms with Gasteiger partial charge in [-0.25, -0.2) is 4.79 Å². The fourth-order valence-corrected chi connectivity index (χ4v) is 2.78. The number of hydrogen-bond acceptors (Lipinski definition) is 3. The van der Waals surface area contributed by atoms with E-state index in [0.717, 1.165) is 12.8 Å². The van der Waals surface area contributed by atoms with Crippen LogP contribution >= 0.6 is 0 Å². The molecule has 0 amide bonds. The second-order valence-corrected chi connectivity index (χ2v) is 5.07. The highest BCUT2D eigenvalue weighted by atomic mass is 16.6. The van der Waals surface area contributed by atoms with Crippen LogP contribution in [0.5, 0.6) is 0 Å². The lowest BCUT2D eigenvalue weighted by Crippen LogP contribution is -2.47. The average molecular weight is 224 g/mol. The van der Waals surface area contributed by atoms with Gasteiger partial charge >= 0.3 is 5.97 Å². The molecule has 1 N–H and O–H groups in total. The van der Waals surface area contributed by atoms with Crippen molar-refractivity contribution in [3.63, 3.8) is 0 Å². The third kappa shape index (κ3) is 2.01. The normalized spacial score (nSPS) is 37.2. The predicted octanol–water partition coefficient (Wildman–Crippen LogP) is 2.05. The molecule has 0 aromatic rings. The van der Waals surface area contributed by atoms with Crippen LogP contribution in [0.2, 0.25) is 0 Å². The van der Waals surface area contributed by atoms with Gasteiger partial charge in [0.05, 0.1) is 6.10 Å². The van der Waals surface area contributed by atoms with Crippen molar-refractivity contribution in [2.45, 2.75) is 51.2 Å². The van der Waals surface area contributed by atoms with Crippen LogP contribution in [0, 0.1) is 11.8 Å². The Bertz CT molecular complexity index is 292. The van der Waals surface area contributed by atoms with Gasteiger partial charge in [0.1, 0.15) is 6.10 Å². The van der Waals surface area contributed by atoms with Gasteiger partial charge in [0.15, 0.2) is 0 Å². The largest absolute Gasteiger partial charge is 0.456 e. The Morgan fingerprint density at radius 2 is 1.94 bits per heavy atom. The van der Waals surface area contributed by atoms with E-state index >= 15 is 0 Å². The molecule has 1 saturated carbocycles. The van der Waals surface area contributed by atoms with Crippen molar-refractivity contribution in [1.29, 1.82) is 0 Å². The van der Waals surface area contributed by atoms with Gasteiger partial charge in [0, 0.05) is 11.5 Å². The summed E-state index contributed by atoms with van der Waals surface area (Å²) in [7, 11) is 0. The van der Waals surface area contributed by atoms with Crippen molar-refractivity contribution in [3.8, 4) is 0 Å². The summed E-state index contributed by atoms with van der Waals surface area (Å²) in [5, 5.41) is 10.1. The van der Waals surface area contributed by atoms with E-state index in [-0.39, 0.29) is 18.0 Å². The van der Waals surface area contributed by atoms with Crippen LogP contribution in [-0.4, -0.2) is 23.3 Å². The van der Waals surface area contributed by atoms with Gasteiger partial charge in [0.2, 0.25) is 0 Å². The molecular weight excluding hydrogens is 204 g/mol. The Kier molecular flexibility index (Phi) is 3.33. The summed E-state index contributed by atoms with van der Waals surface area (Å²) in [6, 6.07) is 0. The number of ether oxygens (including phenoxy) is 1. The van der Waals surface area contributed by atoms with Crippen molar-refractivity contribution >= 4 is 5.97 Å². The quantitative estimate of drug-likeness (QED) is 0.547. The first-order valence-corrected chi connectivity index (χ1v) is 6.19. The summed E-state index contributed by atoms with van der Waals surface area (Å²) in [6.45, 7) is 5.52. The van der Waals surface area contributed by atoms with Crippen LogP contribution < -0.4 is 0 Å². The number of cyclic esters (lactones) is 1. The lowest BCUT2D eigenvalue weighted by Gasteiger charge is -2.39. The Hall–Kier alpha value is -0.830. The third-order valence-corrected chi connectivity index (χ3v) is 4.02. The van der Waals surface area contributed by atoms with E-state index in [9.17, 15) is 9.90 Å². The van der Waals surface area contributed by atoms with Crippen LogP contribution in [0.3, 0.4) is 0 Å². The minimum Gasteiger partial charge on any atom is -0.456 e. The highest BCUT2D eigenvalue weighted by molar-refractivity contribution is 5.89. The minimum atomic E-state index is -0.576. The molecule has 3 heteroatoms. The number of rotatable bonds is 1. The lowest BCUT2D eigenvalue weighted by atomic mass is 9.78. The van der Waals surface area contributed by atoms with Gasteiger partial charge in [-0.05, 0) is 18.8 Å². The zero-order valence-corrected chi connectivity index (χ0v) is 9.82. The van der Waals surface area contributed by atoms with Crippen molar-refractivity contribution in [2.24, 2.45) is 11.8 Å². The molecule has 16 heavy (non-hydrogen) atoms. The highest BCUT2D eigenvalue weighted by Gasteiger charge is 2.41. The van der Waals surface area contributed by atoms with Crippen LogP contribution in [0.15, 0.2) is 12.2 Å². The molecule has 1 aliphatic heterocycles. The Morgan fingerprint density at radius 3 is 2.56 bits per heavy atom. The van der Waals surface area contributed by atoms with E-state index in [2.05, 4.69) is 6.58 Å². The minimum absolute atomic E-state index is 0.173. The maximum atomic E-state index is 11.6. The first-order valence-electron chi connectivity index (χ1n) is 6.19. The van der Waals surface area contributed by atoms with Gasteiger partial charge in [0.25, 0.3) is 0 Å². The van der Waals surface area contributed by atoms with Gasteiger partial charge in [-0.2, -0.15) is 0 Å². The summed E-state index contributed by atoms with van der Waals surface area (Å²) in [4.78, 5) is 11.6. The van der Waals surface area contributed by atoms with Crippen LogP contribution in [0.25, 0.3) is 0 Å². The first kappa shape index (κ1) is 11.6. The number of aliphatic hydroxyl groups excluding tert-OH is 1. The maximum Gasteiger partial charge on any atom is 0.334 e. The molecule has 2 rings (SSSR count). The van der Waals surface area contributed by atoms with Crippen molar-refractivity contribution in [3.05, 3.63) is 12.2 Å². The molecule has 1 heterocycles. The van der Waals surface area contributed by atoms with Crippen LogP contribution in [0.4, 0.5) is 0 Å². The SMILES string of the molecule is C=C1C(=O)O[C@H](C2CCCCC2)[C@@H](O)[C@@H]1C. The Morgan fingerprint density at radius 1 is 1.31 bits per heavy atom. The van der Waals surface area contributed by atoms with Gasteiger partial charge < -0.3 is 9.84 Å². The fourth-order valence-electron chi connectivity index (χ4n) is 2.78. The van der Waals surface area contributed by atoms with Gasteiger partial charge in [-0.15, -0.1) is 0 Å². The smallest absolute Gasteiger partial charge is 0.334 e. The molecule has 90 valence electrons. The maximum absolute atomic E-state index is 11.6. The molecule has 3 nitrogen and oxygen atoms in total. The monoisotopic (exact) mass is 224 g/mol. The van der Waals surface area contributed by atoms with E-state index in [0.29, 0.717) is 11.5 Å². The number of aliphatic hydroxyl groups is 1. The molecule has 1 saturated heterocycles. The van der Waals surface area contributed by atoms with Crippen molar-refractivity contribution in [2.75, 3.05) is 0 Å². The van der Waals surface area contributed by atoms with Gasteiger partial charge in [-0.1, -0.05) is 32.8 Å². The molecule has 0 aromatic carbocycles. The molecule has 0 unspecified atom stereocenters. The molecule has 0 spiro atoms. The summed E-state index contributed by atoms with van der Waals surface area (Å²) < 4.78 is 5.33. The predicted molar refractivity (Wildman–Crippen MR) is 60.8 cm³/mol. The molecule has 0 bridgehead atoms. The van der Waals surface area contributed by atoms with Crippen molar-refractivity contribution < 1.29 is 14.6 Å². The van der Waals surface area contributed by atoms with E-state index in [1.165, 1.54) is 19.3 Å². The lowest BCUT2D eigenvalue weighted by molar-refractivity contribution is -0.167. The molecule has 0 radical (unpaired) electrons. The van der Waals surface area contributed by atoms with Crippen LogP contribution in [-0.2, 0) is 9.53 Å². The van der Waals surface area contributed by atoms with Crippen LogP contribution in [0.1, 0.15) is 39.0 Å². The molecular formula is C13H20O3. The molecule has 0 aromatic heterocycles. The molecule has 2 fully saturated rings. The number of carbonyl (C=O) groups is 1. The average Bonchev–Trinajstić information content (AvgIpc) is 2.32. The summed E-state index contributed by atoms with van der Waals surface area (Å²) in [6.07, 6.45) is 4.86. The Balaban J connectivity index is 2.08. The van der Waals surface area contributed by atoms with Crippen molar-refractivity contribution in [1.82, 2.24) is 0 Å². The van der Waals surface area contributed by atoms with E-state index in [1.807, 2.05) is 6.92 Å². The standard InChI is InChI=1S/C13H20O3/c1-8-9(2)13(15)16-12(11(8)14)10-6-4-3-5-7-10/h8,10-12,14H,2-7H2,1H3/t8-,11+,12-/m1/s1. The van der Waals surface area contributed by atoms with E-state index in [1.54, 1.807) is 0 Å². The highest BCUT2D eigenvalue weighted by Crippen LogP contribution is 2.35. The first-order chi connectivity index (χ1) is 7.61. The molecule has 1 aliphatic carbocycles. The second kappa shape index (κ2) is 4.58. The number of esters is 1. The fraction of sp³-hybridized carbons (Fsp3) is 0.769. The molecule has 2 aliphatic rings. The summed E-state index contributed by atoms with van der Waals surface area (Å²) in [5.74, 6) is -0.162. The van der Waals surface area contributed by atoms with Gasteiger partial charge in [-0.3, -0.25) is 0 Å². The topological polar surface area (TPSA) is 46.5 Å². The number of hydrogen-bond donors (Lipinski definition) is 1. The summed E-state index contributed by atoms with van der Waals surface area (Å²) in [5.41, 5.74) is 0.402. The molecule has 3 atom stereocenters. The zero-order valence-electron chi connectivity index (χ0n) is 9.82. The Labute approximate surface area is 96.5 Å². The van der Waals surface area contributed by atoms with E-state index in [4.69, 9.17) is 4.74 Å². The van der Waals surface area contributed by atoms with E-state index < -0.39 is 6.10 Å². The second-order valence-electron chi connectivity index (χ2n) is 5.07.